The van der Waals surface area contributed by atoms with E-state index < -0.39 is 17.7 Å². The summed E-state index contributed by atoms with van der Waals surface area (Å²) in [6.07, 6.45) is 0.339. The minimum Gasteiger partial charge on any atom is -0.392 e. The zero-order chi connectivity index (χ0) is 12.4. The molecule has 1 saturated heterocycles. The largest absolute Gasteiger partial charge is 0.392 e. The number of hydrogen-bond acceptors (Lipinski definition) is 2. The van der Waals surface area contributed by atoms with Gasteiger partial charge in [-0.2, -0.15) is 0 Å². The standard InChI is InChI=1S/C13H16F2O2/c1-8-5-10(7-17-8)12(16)6-9-3-2-4-11(14)13(9)15/h2-4,8,10,12,16H,5-7H2,1H3. The Labute approximate surface area is 99.2 Å². The van der Waals surface area contributed by atoms with Crippen LogP contribution in [0.5, 0.6) is 0 Å². The Morgan fingerprint density at radius 3 is 2.88 bits per heavy atom. The van der Waals surface area contributed by atoms with E-state index in [4.69, 9.17) is 4.74 Å². The van der Waals surface area contributed by atoms with Gasteiger partial charge < -0.3 is 9.84 Å². The summed E-state index contributed by atoms with van der Waals surface area (Å²) in [5.41, 5.74) is 0.219. The molecule has 3 atom stereocenters. The van der Waals surface area contributed by atoms with Gasteiger partial charge in [0.15, 0.2) is 11.6 Å². The number of aliphatic hydroxyl groups excluding tert-OH is 1. The first-order chi connectivity index (χ1) is 8.08. The Balaban J connectivity index is 2.03. The number of rotatable bonds is 3. The van der Waals surface area contributed by atoms with E-state index in [0.29, 0.717) is 6.61 Å². The van der Waals surface area contributed by atoms with Gasteiger partial charge in [-0.1, -0.05) is 12.1 Å². The van der Waals surface area contributed by atoms with Crippen molar-refractivity contribution in [2.75, 3.05) is 6.61 Å². The normalized spacial score (nSPS) is 26.1. The van der Waals surface area contributed by atoms with Crippen LogP contribution in [-0.4, -0.2) is 23.9 Å². The third-order valence-corrected chi connectivity index (χ3v) is 3.23. The molecule has 1 N–H and O–H groups in total. The summed E-state index contributed by atoms with van der Waals surface area (Å²) >= 11 is 0. The molecule has 1 aromatic rings. The topological polar surface area (TPSA) is 29.5 Å². The molecule has 4 heteroatoms. The summed E-state index contributed by atoms with van der Waals surface area (Å²) in [5.74, 6) is -1.73. The fourth-order valence-electron chi connectivity index (χ4n) is 2.22. The maximum atomic E-state index is 13.4. The first-order valence-corrected chi connectivity index (χ1v) is 5.80. The zero-order valence-electron chi connectivity index (χ0n) is 9.70. The van der Waals surface area contributed by atoms with E-state index in [-0.39, 0.29) is 24.0 Å². The summed E-state index contributed by atoms with van der Waals surface area (Å²) in [5, 5.41) is 9.97. The molecule has 94 valence electrons. The van der Waals surface area contributed by atoms with Gasteiger partial charge in [0, 0.05) is 12.3 Å². The first-order valence-electron chi connectivity index (χ1n) is 5.80. The smallest absolute Gasteiger partial charge is 0.162 e. The summed E-state index contributed by atoms with van der Waals surface area (Å²) in [6, 6.07) is 4.03. The molecule has 2 rings (SSSR count). The third kappa shape index (κ3) is 2.82. The lowest BCUT2D eigenvalue weighted by atomic mass is 9.94. The highest BCUT2D eigenvalue weighted by Crippen LogP contribution is 2.25. The third-order valence-electron chi connectivity index (χ3n) is 3.23. The van der Waals surface area contributed by atoms with E-state index in [0.717, 1.165) is 12.5 Å². The average Bonchev–Trinajstić information content (AvgIpc) is 2.72. The van der Waals surface area contributed by atoms with Gasteiger partial charge in [0.2, 0.25) is 0 Å². The van der Waals surface area contributed by atoms with Crippen LogP contribution >= 0.6 is 0 Å². The highest BCUT2D eigenvalue weighted by atomic mass is 19.2. The van der Waals surface area contributed by atoms with Crippen LogP contribution in [0.15, 0.2) is 18.2 Å². The Morgan fingerprint density at radius 2 is 2.24 bits per heavy atom. The minimum atomic E-state index is -0.870. The summed E-state index contributed by atoms with van der Waals surface area (Å²) in [6.45, 7) is 2.43. The Hall–Kier alpha value is -1.00. The van der Waals surface area contributed by atoms with Gasteiger partial charge in [-0.05, 0) is 25.0 Å². The molecule has 1 aliphatic rings. The molecular formula is C13H16F2O2. The molecule has 0 radical (unpaired) electrons. The van der Waals surface area contributed by atoms with Crippen molar-refractivity contribution in [1.82, 2.24) is 0 Å². The quantitative estimate of drug-likeness (QED) is 0.881. The van der Waals surface area contributed by atoms with Crippen molar-refractivity contribution in [3.05, 3.63) is 35.4 Å². The van der Waals surface area contributed by atoms with Crippen molar-refractivity contribution < 1.29 is 18.6 Å². The molecule has 0 saturated carbocycles. The lowest BCUT2D eigenvalue weighted by molar-refractivity contribution is 0.0801. The second kappa shape index (κ2) is 5.10. The van der Waals surface area contributed by atoms with Crippen molar-refractivity contribution in [2.24, 2.45) is 5.92 Å². The van der Waals surface area contributed by atoms with Crippen LogP contribution < -0.4 is 0 Å². The van der Waals surface area contributed by atoms with Crippen molar-refractivity contribution in [3.63, 3.8) is 0 Å². The van der Waals surface area contributed by atoms with Crippen LogP contribution in [0.2, 0.25) is 0 Å². The SMILES string of the molecule is CC1CC(C(O)Cc2cccc(F)c2F)CO1. The molecule has 1 heterocycles. The van der Waals surface area contributed by atoms with Crippen LogP contribution in [-0.2, 0) is 11.2 Å². The fraction of sp³-hybridized carbons (Fsp3) is 0.538. The van der Waals surface area contributed by atoms with Crippen molar-refractivity contribution in [3.8, 4) is 0 Å². The molecule has 17 heavy (non-hydrogen) atoms. The molecule has 2 nitrogen and oxygen atoms in total. The van der Waals surface area contributed by atoms with E-state index in [1.54, 1.807) is 0 Å². The number of benzene rings is 1. The number of aliphatic hydroxyl groups is 1. The Kier molecular flexibility index (Phi) is 3.74. The predicted molar refractivity (Wildman–Crippen MR) is 59.6 cm³/mol. The van der Waals surface area contributed by atoms with Crippen LogP contribution in [0.25, 0.3) is 0 Å². The highest BCUT2D eigenvalue weighted by molar-refractivity contribution is 5.19. The molecule has 1 aliphatic heterocycles. The summed E-state index contributed by atoms with van der Waals surface area (Å²) < 4.78 is 31.7. The van der Waals surface area contributed by atoms with E-state index in [9.17, 15) is 13.9 Å². The van der Waals surface area contributed by atoms with Crippen molar-refractivity contribution in [1.29, 1.82) is 0 Å². The predicted octanol–water partition coefficient (Wildman–Crippen LogP) is 2.29. The van der Waals surface area contributed by atoms with E-state index in [1.165, 1.54) is 12.1 Å². The van der Waals surface area contributed by atoms with Gasteiger partial charge in [-0.25, -0.2) is 8.78 Å². The van der Waals surface area contributed by atoms with Crippen molar-refractivity contribution in [2.45, 2.75) is 32.0 Å². The highest BCUT2D eigenvalue weighted by Gasteiger charge is 2.29. The van der Waals surface area contributed by atoms with Crippen LogP contribution in [0.1, 0.15) is 18.9 Å². The molecule has 1 fully saturated rings. The maximum absolute atomic E-state index is 13.4. The molecule has 0 amide bonds. The molecule has 0 aliphatic carbocycles. The second-order valence-electron chi connectivity index (χ2n) is 4.62. The number of halogens is 2. The Bertz CT molecular complexity index is 395. The lowest BCUT2D eigenvalue weighted by Crippen LogP contribution is -2.23. The Morgan fingerprint density at radius 1 is 1.47 bits per heavy atom. The number of hydrogen-bond donors (Lipinski definition) is 1. The monoisotopic (exact) mass is 242 g/mol. The van der Waals surface area contributed by atoms with Gasteiger partial charge >= 0.3 is 0 Å². The van der Waals surface area contributed by atoms with Gasteiger partial charge in [0.25, 0.3) is 0 Å². The summed E-state index contributed by atoms with van der Waals surface area (Å²) in [4.78, 5) is 0. The van der Waals surface area contributed by atoms with E-state index in [2.05, 4.69) is 0 Å². The molecule has 0 spiro atoms. The number of ether oxygens (including phenoxy) is 1. The first kappa shape index (κ1) is 12.5. The van der Waals surface area contributed by atoms with Gasteiger partial charge in [0.05, 0.1) is 18.8 Å². The minimum absolute atomic E-state index is 0.00710. The van der Waals surface area contributed by atoms with Gasteiger partial charge in [0.1, 0.15) is 0 Å². The van der Waals surface area contributed by atoms with E-state index >= 15 is 0 Å². The van der Waals surface area contributed by atoms with Crippen LogP contribution in [0.4, 0.5) is 8.78 Å². The molecule has 0 aromatic heterocycles. The van der Waals surface area contributed by atoms with E-state index in [1.807, 2.05) is 6.92 Å². The van der Waals surface area contributed by atoms with Crippen LogP contribution in [0, 0.1) is 17.6 Å². The van der Waals surface area contributed by atoms with Crippen molar-refractivity contribution >= 4 is 0 Å². The maximum Gasteiger partial charge on any atom is 0.162 e. The van der Waals surface area contributed by atoms with Crippen LogP contribution in [0.3, 0.4) is 0 Å². The molecular weight excluding hydrogens is 226 g/mol. The summed E-state index contributed by atoms with van der Waals surface area (Å²) in [7, 11) is 0. The molecule has 1 aromatic carbocycles. The molecule has 3 unspecified atom stereocenters. The van der Waals surface area contributed by atoms with Gasteiger partial charge in [-0.3, -0.25) is 0 Å². The lowest BCUT2D eigenvalue weighted by Gasteiger charge is -2.16. The fourth-order valence-corrected chi connectivity index (χ4v) is 2.22. The average molecular weight is 242 g/mol. The molecule has 0 bridgehead atoms. The van der Waals surface area contributed by atoms with Gasteiger partial charge in [-0.15, -0.1) is 0 Å². The zero-order valence-corrected chi connectivity index (χ0v) is 9.70. The second-order valence-corrected chi connectivity index (χ2v) is 4.62.